The first kappa shape index (κ1) is 11.5. The van der Waals surface area contributed by atoms with Gasteiger partial charge in [0.05, 0.1) is 11.7 Å². The lowest BCUT2D eigenvalue weighted by molar-refractivity contribution is 0.597. The van der Waals surface area contributed by atoms with E-state index >= 15 is 0 Å². The smallest absolute Gasteiger partial charge is 0.203 e. The Morgan fingerprint density at radius 1 is 1.37 bits per heavy atom. The lowest BCUT2D eigenvalue weighted by Crippen LogP contribution is -2.18. The summed E-state index contributed by atoms with van der Waals surface area (Å²) in [4.78, 5) is 6.24. The van der Waals surface area contributed by atoms with Crippen molar-refractivity contribution in [1.82, 2.24) is 9.55 Å². The first-order valence-electron chi connectivity index (χ1n) is 7.19. The minimum atomic E-state index is 0.453. The first-order valence-corrected chi connectivity index (χ1v) is 8.07. The first-order chi connectivity index (χ1) is 9.31. The second-order valence-corrected chi connectivity index (χ2v) is 6.73. The number of rotatable bonds is 3. The summed E-state index contributed by atoms with van der Waals surface area (Å²) < 4.78 is 2.34. The average molecular weight is 273 g/mol. The Labute approximate surface area is 117 Å². The summed E-state index contributed by atoms with van der Waals surface area (Å²) >= 11 is 1.90. The van der Waals surface area contributed by atoms with Crippen LogP contribution in [0.3, 0.4) is 0 Å². The second kappa shape index (κ2) is 4.37. The molecule has 2 heterocycles. The number of imidazole rings is 1. The number of hydrogen-bond donors (Lipinski definition) is 1. The summed E-state index contributed by atoms with van der Waals surface area (Å²) in [5.74, 6) is 1.07. The maximum atomic E-state index is 4.68. The van der Waals surface area contributed by atoms with Gasteiger partial charge < -0.3 is 9.88 Å². The third kappa shape index (κ3) is 2.08. The molecule has 1 fully saturated rings. The van der Waals surface area contributed by atoms with Crippen molar-refractivity contribution in [3.05, 3.63) is 33.8 Å². The molecule has 1 atom stereocenters. The number of fused-ring (bicyclic) bond motifs is 1. The summed E-state index contributed by atoms with van der Waals surface area (Å²) in [7, 11) is 0. The molecule has 0 aliphatic heterocycles. The molecular weight excluding hydrogens is 254 g/mol. The molecule has 0 radical (unpaired) electrons. The fourth-order valence-corrected chi connectivity index (χ4v) is 4.03. The molecule has 1 unspecified atom stereocenters. The van der Waals surface area contributed by atoms with Crippen molar-refractivity contribution in [3.63, 3.8) is 0 Å². The van der Waals surface area contributed by atoms with Gasteiger partial charge in [-0.05, 0) is 56.0 Å². The molecule has 1 saturated carbocycles. The Balaban J connectivity index is 1.62. The highest BCUT2D eigenvalue weighted by molar-refractivity contribution is 7.10. The van der Waals surface area contributed by atoms with Crippen LogP contribution in [0.5, 0.6) is 0 Å². The van der Waals surface area contributed by atoms with E-state index in [1.807, 2.05) is 11.3 Å². The molecule has 3 nitrogen and oxygen atoms in total. The van der Waals surface area contributed by atoms with Crippen LogP contribution in [-0.2, 0) is 6.42 Å². The Kier molecular flexibility index (Phi) is 2.65. The van der Waals surface area contributed by atoms with E-state index in [4.69, 9.17) is 0 Å². The number of hydrogen-bond acceptors (Lipinski definition) is 3. The molecule has 0 bridgehead atoms. The monoisotopic (exact) mass is 273 g/mol. The van der Waals surface area contributed by atoms with Crippen LogP contribution in [0.4, 0.5) is 5.95 Å². The van der Waals surface area contributed by atoms with Gasteiger partial charge in [-0.15, -0.1) is 11.3 Å². The number of anilines is 1. The van der Waals surface area contributed by atoms with Crippen molar-refractivity contribution in [2.75, 3.05) is 5.32 Å². The van der Waals surface area contributed by atoms with Crippen LogP contribution in [0.15, 0.2) is 17.6 Å². The summed E-state index contributed by atoms with van der Waals surface area (Å²) in [5.41, 5.74) is 2.62. The van der Waals surface area contributed by atoms with Gasteiger partial charge in [-0.25, -0.2) is 4.98 Å². The molecule has 2 aromatic rings. The molecule has 2 aromatic heterocycles. The van der Waals surface area contributed by atoms with Crippen LogP contribution in [0, 0.1) is 6.92 Å². The molecule has 100 valence electrons. The highest BCUT2D eigenvalue weighted by Crippen LogP contribution is 2.40. The predicted octanol–water partition coefficient (Wildman–Crippen LogP) is 4.08. The maximum absolute atomic E-state index is 4.68. The normalized spacial score (nSPS) is 22.3. The van der Waals surface area contributed by atoms with Crippen molar-refractivity contribution < 1.29 is 0 Å². The Hall–Kier alpha value is -1.29. The van der Waals surface area contributed by atoms with Gasteiger partial charge in [-0.1, -0.05) is 0 Å². The molecule has 0 spiro atoms. The Morgan fingerprint density at radius 3 is 3.11 bits per heavy atom. The zero-order valence-corrected chi connectivity index (χ0v) is 12.0. The van der Waals surface area contributed by atoms with E-state index in [0.29, 0.717) is 12.1 Å². The highest BCUT2D eigenvalue weighted by Gasteiger charge is 2.28. The second-order valence-electron chi connectivity index (χ2n) is 5.73. The van der Waals surface area contributed by atoms with Gasteiger partial charge >= 0.3 is 0 Å². The molecule has 0 saturated heterocycles. The van der Waals surface area contributed by atoms with Gasteiger partial charge in [-0.2, -0.15) is 0 Å². The zero-order valence-electron chi connectivity index (χ0n) is 11.2. The van der Waals surface area contributed by atoms with E-state index in [-0.39, 0.29) is 0 Å². The van der Waals surface area contributed by atoms with Crippen LogP contribution in [0.2, 0.25) is 0 Å². The summed E-state index contributed by atoms with van der Waals surface area (Å²) in [6, 6.07) is 3.43. The van der Waals surface area contributed by atoms with Gasteiger partial charge in [0.1, 0.15) is 0 Å². The third-order valence-corrected chi connectivity index (χ3v) is 5.14. The number of aromatic nitrogens is 2. The lowest BCUT2D eigenvalue weighted by atomic mass is 9.94. The summed E-state index contributed by atoms with van der Waals surface area (Å²) in [6.07, 6.45) is 8.56. The van der Waals surface area contributed by atoms with Crippen LogP contribution in [-0.4, -0.2) is 9.55 Å². The van der Waals surface area contributed by atoms with Crippen LogP contribution in [0.1, 0.15) is 53.9 Å². The molecule has 0 aromatic carbocycles. The van der Waals surface area contributed by atoms with Crippen molar-refractivity contribution in [3.8, 4) is 0 Å². The minimum Gasteiger partial charge on any atom is -0.349 e. The van der Waals surface area contributed by atoms with Gasteiger partial charge in [-0.3, -0.25) is 0 Å². The van der Waals surface area contributed by atoms with Gasteiger partial charge in [0.2, 0.25) is 5.95 Å². The fourth-order valence-electron chi connectivity index (χ4n) is 3.05. The van der Waals surface area contributed by atoms with E-state index in [9.17, 15) is 0 Å². The predicted molar refractivity (Wildman–Crippen MR) is 78.9 cm³/mol. The van der Waals surface area contributed by atoms with Gasteiger partial charge in [0.15, 0.2) is 0 Å². The Bertz CT molecular complexity index is 594. The number of nitrogens with zero attached hydrogens (tertiary/aromatic N) is 2. The Morgan fingerprint density at radius 2 is 2.26 bits per heavy atom. The SMILES string of the molecule is Cc1cn(C2CC2)c(NC2CCCc3sccc32)n1. The zero-order chi connectivity index (χ0) is 12.8. The van der Waals surface area contributed by atoms with Crippen molar-refractivity contribution in [1.29, 1.82) is 0 Å². The third-order valence-electron chi connectivity index (χ3n) is 4.15. The van der Waals surface area contributed by atoms with E-state index in [1.54, 1.807) is 4.88 Å². The highest BCUT2D eigenvalue weighted by atomic mass is 32.1. The van der Waals surface area contributed by atoms with Crippen molar-refractivity contribution >= 4 is 17.3 Å². The molecule has 2 aliphatic carbocycles. The molecule has 4 heteroatoms. The molecule has 0 amide bonds. The van der Waals surface area contributed by atoms with Crippen LogP contribution >= 0.6 is 11.3 Å². The number of aryl methyl sites for hydroxylation is 2. The van der Waals surface area contributed by atoms with Crippen molar-refractivity contribution in [2.45, 2.75) is 51.1 Å². The van der Waals surface area contributed by atoms with Crippen LogP contribution < -0.4 is 5.32 Å². The standard InChI is InChI=1S/C15H19N3S/c1-10-9-18(11-5-6-11)15(16-10)17-13-3-2-4-14-12(13)7-8-19-14/h7-9,11,13H,2-6H2,1H3,(H,16,17). The minimum absolute atomic E-state index is 0.453. The van der Waals surface area contributed by atoms with Crippen LogP contribution in [0.25, 0.3) is 0 Å². The molecule has 4 rings (SSSR count). The summed E-state index contributed by atoms with van der Waals surface area (Å²) in [5, 5.41) is 5.92. The number of nitrogens with one attached hydrogen (secondary N) is 1. The largest absolute Gasteiger partial charge is 0.349 e. The molecule has 2 aliphatic rings. The average Bonchev–Trinajstić information content (AvgIpc) is 3.01. The maximum Gasteiger partial charge on any atom is 0.203 e. The van der Waals surface area contributed by atoms with Gasteiger partial charge in [0, 0.05) is 17.1 Å². The van der Waals surface area contributed by atoms with E-state index in [2.05, 4.69) is 39.4 Å². The molecule has 1 N–H and O–H groups in total. The van der Waals surface area contributed by atoms with E-state index in [0.717, 1.165) is 11.6 Å². The van der Waals surface area contributed by atoms with Crippen molar-refractivity contribution in [2.24, 2.45) is 0 Å². The topological polar surface area (TPSA) is 29.9 Å². The quantitative estimate of drug-likeness (QED) is 0.913. The lowest BCUT2D eigenvalue weighted by Gasteiger charge is -2.24. The molecule has 19 heavy (non-hydrogen) atoms. The molecular formula is C15H19N3S. The van der Waals surface area contributed by atoms with E-state index in [1.165, 1.54) is 37.7 Å². The van der Waals surface area contributed by atoms with Gasteiger partial charge in [0.25, 0.3) is 0 Å². The summed E-state index contributed by atoms with van der Waals surface area (Å²) in [6.45, 7) is 2.08. The number of thiophene rings is 1. The van der Waals surface area contributed by atoms with E-state index < -0.39 is 0 Å². The fraction of sp³-hybridized carbons (Fsp3) is 0.533.